The van der Waals surface area contributed by atoms with Crippen LogP contribution < -0.4 is 5.32 Å². The predicted octanol–water partition coefficient (Wildman–Crippen LogP) is 4.02. The van der Waals surface area contributed by atoms with Gasteiger partial charge in [-0.25, -0.2) is 9.18 Å². The maximum Gasteiger partial charge on any atom is 0.337 e. The predicted molar refractivity (Wildman–Crippen MR) is 95.5 cm³/mol. The van der Waals surface area contributed by atoms with E-state index in [1.54, 1.807) is 6.07 Å². The monoisotopic (exact) mass is 344 g/mol. The average Bonchev–Trinajstić information content (AvgIpc) is 3.15. The molecule has 1 fully saturated rings. The van der Waals surface area contributed by atoms with Gasteiger partial charge in [-0.05, 0) is 44.4 Å². The van der Waals surface area contributed by atoms with Gasteiger partial charge in [-0.1, -0.05) is 25.0 Å². The van der Waals surface area contributed by atoms with Crippen molar-refractivity contribution in [2.75, 3.05) is 0 Å². The van der Waals surface area contributed by atoms with Gasteiger partial charge in [-0.2, -0.15) is 0 Å². The molecule has 0 radical (unpaired) electrons. The fourth-order valence-corrected chi connectivity index (χ4v) is 3.88. The summed E-state index contributed by atoms with van der Waals surface area (Å²) in [6.45, 7) is 4.81. The Bertz CT molecular complexity index is 776. The highest BCUT2D eigenvalue weighted by atomic mass is 19.1. The summed E-state index contributed by atoms with van der Waals surface area (Å²) in [6.07, 6.45) is 4.79. The van der Waals surface area contributed by atoms with Crippen molar-refractivity contribution in [3.63, 3.8) is 0 Å². The molecule has 2 N–H and O–H groups in total. The summed E-state index contributed by atoms with van der Waals surface area (Å²) in [7, 11) is 0. The van der Waals surface area contributed by atoms with Gasteiger partial charge in [0.2, 0.25) is 0 Å². The molecule has 0 spiro atoms. The third-order valence-corrected chi connectivity index (χ3v) is 5.28. The fourth-order valence-electron chi connectivity index (χ4n) is 3.88. The molecule has 3 rings (SSSR count). The SMILES string of the molecule is Cc1c(CNC2CCCC2)c(C(=O)O)c(C)n1Cc1cccc(F)c1. The second-order valence-corrected chi connectivity index (χ2v) is 6.91. The molecule has 1 aromatic heterocycles. The van der Waals surface area contributed by atoms with Gasteiger partial charge >= 0.3 is 5.97 Å². The smallest absolute Gasteiger partial charge is 0.337 e. The molecule has 134 valence electrons. The Labute approximate surface area is 147 Å². The second-order valence-electron chi connectivity index (χ2n) is 6.91. The molecule has 1 aromatic carbocycles. The average molecular weight is 344 g/mol. The summed E-state index contributed by atoms with van der Waals surface area (Å²) in [4.78, 5) is 11.8. The van der Waals surface area contributed by atoms with Gasteiger partial charge in [-0.15, -0.1) is 0 Å². The van der Waals surface area contributed by atoms with E-state index in [1.807, 2.05) is 24.5 Å². The molecule has 25 heavy (non-hydrogen) atoms. The number of carboxylic acids is 1. The van der Waals surface area contributed by atoms with Crippen molar-refractivity contribution >= 4 is 5.97 Å². The molecule has 1 aliphatic rings. The summed E-state index contributed by atoms with van der Waals surface area (Å²) < 4.78 is 15.4. The van der Waals surface area contributed by atoms with Gasteiger partial charge in [-0.3, -0.25) is 0 Å². The number of hydrogen-bond acceptors (Lipinski definition) is 2. The summed E-state index contributed by atoms with van der Waals surface area (Å²) in [6, 6.07) is 6.93. The Morgan fingerprint density at radius 1 is 1.28 bits per heavy atom. The Hall–Kier alpha value is -2.14. The zero-order valence-electron chi connectivity index (χ0n) is 14.8. The number of nitrogens with zero attached hydrogens (tertiary/aromatic N) is 1. The topological polar surface area (TPSA) is 54.3 Å². The fraction of sp³-hybridized carbons (Fsp3) is 0.450. The van der Waals surface area contributed by atoms with Crippen molar-refractivity contribution < 1.29 is 14.3 Å². The Morgan fingerprint density at radius 2 is 2.00 bits per heavy atom. The van der Waals surface area contributed by atoms with Crippen LogP contribution >= 0.6 is 0 Å². The highest BCUT2D eigenvalue weighted by Gasteiger charge is 2.24. The quantitative estimate of drug-likeness (QED) is 0.832. The lowest BCUT2D eigenvalue weighted by atomic mass is 10.1. The molecule has 0 atom stereocenters. The highest BCUT2D eigenvalue weighted by Crippen LogP contribution is 2.25. The minimum absolute atomic E-state index is 0.276. The number of hydrogen-bond donors (Lipinski definition) is 2. The third kappa shape index (κ3) is 3.76. The van der Waals surface area contributed by atoms with Crippen LogP contribution in [0, 0.1) is 19.7 Å². The largest absolute Gasteiger partial charge is 0.478 e. The van der Waals surface area contributed by atoms with Crippen molar-refractivity contribution in [3.05, 3.63) is 58.2 Å². The van der Waals surface area contributed by atoms with Crippen molar-refractivity contribution in [1.29, 1.82) is 0 Å². The molecule has 1 saturated carbocycles. The lowest BCUT2D eigenvalue weighted by Gasteiger charge is -2.13. The zero-order valence-corrected chi connectivity index (χ0v) is 14.8. The molecule has 0 amide bonds. The molecule has 5 heteroatoms. The van der Waals surface area contributed by atoms with Gasteiger partial charge in [0.25, 0.3) is 0 Å². The second kappa shape index (κ2) is 7.40. The molecule has 2 aromatic rings. The van der Waals surface area contributed by atoms with Crippen LogP contribution in [0.15, 0.2) is 24.3 Å². The van der Waals surface area contributed by atoms with Gasteiger partial charge in [0.05, 0.1) is 5.56 Å². The van der Waals surface area contributed by atoms with Gasteiger partial charge in [0.15, 0.2) is 0 Å². The lowest BCUT2D eigenvalue weighted by Crippen LogP contribution is -2.26. The number of nitrogens with one attached hydrogen (secondary N) is 1. The Kier molecular flexibility index (Phi) is 5.23. The summed E-state index contributed by atoms with van der Waals surface area (Å²) in [5, 5.41) is 13.2. The molecule has 1 heterocycles. The first kappa shape index (κ1) is 17.7. The van der Waals surface area contributed by atoms with Crippen LogP contribution in [0.5, 0.6) is 0 Å². The standard InChI is InChI=1S/C20H25FN2O2/c1-13-18(11-22-17-8-3-4-9-17)19(20(24)25)14(2)23(13)12-15-6-5-7-16(21)10-15/h5-7,10,17,22H,3-4,8-9,11-12H2,1-2H3,(H,24,25). The van der Waals surface area contributed by atoms with E-state index in [2.05, 4.69) is 5.32 Å². The number of halogens is 1. The van der Waals surface area contributed by atoms with Crippen LogP contribution in [0.3, 0.4) is 0 Å². The van der Waals surface area contributed by atoms with E-state index in [0.717, 1.165) is 35.4 Å². The molecule has 0 saturated heterocycles. The highest BCUT2D eigenvalue weighted by molar-refractivity contribution is 5.91. The number of aromatic carboxylic acids is 1. The zero-order chi connectivity index (χ0) is 18.0. The van der Waals surface area contributed by atoms with Gasteiger partial charge in [0, 0.05) is 36.1 Å². The summed E-state index contributed by atoms with van der Waals surface area (Å²) >= 11 is 0. The van der Waals surface area contributed by atoms with E-state index in [-0.39, 0.29) is 5.82 Å². The number of carbonyl (C=O) groups is 1. The van der Waals surface area contributed by atoms with Crippen LogP contribution in [0.4, 0.5) is 4.39 Å². The van der Waals surface area contributed by atoms with E-state index in [9.17, 15) is 14.3 Å². The first-order chi connectivity index (χ1) is 12.0. The van der Waals surface area contributed by atoms with E-state index < -0.39 is 5.97 Å². The number of aromatic nitrogens is 1. The Morgan fingerprint density at radius 3 is 2.64 bits per heavy atom. The number of carboxylic acid groups (broad SMARTS) is 1. The molecule has 0 bridgehead atoms. The van der Waals surface area contributed by atoms with Crippen LogP contribution in [-0.4, -0.2) is 21.7 Å². The van der Waals surface area contributed by atoms with Crippen molar-refractivity contribution in [2.24, 2.45) is 0 Å². The first-order valence-electron chi connectivity index (χ1n) is 8.87. The molecular formula is C20H25FN2O2. The number of rotatable bonds is 6. The van der Waals surface area contributed by atoms with Crippen molar-refractivity contribution in [3.8, 4) is 0 Å². The maximum atomic E-state index is 13.5. The minimum atomic E-state index is -0.901. The molecule has 0 aliphatic heterocycles. The van der Waals surface area contributed by atoms with Crippen LogP contribution in [0.1, 0.15) is 58.6 Å². The molecule has 4 nitrogen and oxygen atoms in total. The first-order valence-corrected chi connectivity index (χ1v) is 8.87. The lowest BCUT2D eigenvalue weighted by molar-refractivity contribution is 0.0694. The van der Waals surface area contributed by atoms with Crippen LogP contribution in [0.2, 0.25) is 0 Å². The summed E-state index contributed by atoms with van der Waals surface area (Å²) in [5.41, 5.74) is 3.70. The van der Waals surface area contributed by atoms with Crippen molar-refractivity contribution in [2.45, 2.75) is 58.7 Å². The Balaban J connectivity index is 1.90. The molecular weight excluding hydrogens is 319 g/mol. The van der Waals surface area contributed by atoms with E-state index in [1.165, 1.54) is 25.0 Å². The minimum Gasteiger partial charge on any atom is -0.478 e. The third-order valence-electron chi connectivity index (χ3n) is 5.28. The maximum absolute atomic E-state index is 13.5. The van der Waals surface area contributed by atoms with E-state index in [4.69, 9.17) is 0 Å². The number of benzene rings is 1. The van der Waals surface area contributed by atoms with Gasteiger partial charge in [0.1, 0.15) is 5.82 Å². The van der Waals surface area contributed by atoms with E-state index >= 15 is 0 Å². The molecule has 1 aliphatic carbocycles. The molecule has 0 unspecified atom stereocenters. The van der Waals surface area contributed by atoms with E-state index in [0.29, 0.717) is 24.7 Å². The van der Waals surface area contributed by atoms with Crippen LogP contribution in [0.25, 0.3) is 0 Å². The normalized spacial score (nSPS) is 15.0. The van der Waals surface area contributed by atoms with Gasteiger partial charge < -0.3 is 15.0 Å². The summed E-state index contributed by atoms with van der Waals surface area (Å²) in [5.74, 6) is -1.18. The van der Waals surface area contributed by atoms with Crippen molar-refractivity contribution in [1.82, 2.24) is 9.88 Å². The van der Waals surface area contributed by atoms with Crippen LogP contribution in [-0.2, 0) is 13.1 Å².